The van der Waals surface area contributed by atoms with Crippen LogP contribution >= 0.6 is 23.1 Å². The van der Waals surface area contributed by atoms with Gasteiger partial charge in [-0.3, -0.25) is 4.98 Å². The van der Waals surface area contributed by atoms with Crippen molar-refractivity contribution >= 4 is 23.1 Å². The van der Waals surface area contributed by atoms with Crippen LogP contribution in [0.4, 0.5) is 0 Å². The first-order valence-corrected chi connectivity index (χ1v) is 7.18. The molecule has 0 fully saturated rings. The molecule has 0 spiro atoms. The summed E-state index contributed by atoms with van der Waals surface area (Å²) < 4.78 is 1.04. The average Bonchev–Trinajstić information content (AvgIpc) is 2.76. The fourth-order valence-electron chi connectivity index (χ4n) is 1.27. The average molecular weight is 266 g/mol. The molecule has 0 amide bonds. The summed E-state index contributed by atoms with van der Waals surface area (Å²) in [5.41, 5.74) is 1.07. The second-order valence-corrected chi connectivity index (χ2v) is 5.96. The van der Waals surface area contributed by atoms with Gasteiger partial charge in [0.05, 0.1) is 5.69 Å². The van der Waals surface area contributed by atoms with E-state index in [0.29, 0.717) is 0 Å². The van der Waals surface area contributed by atoms with Crippen LogP contribution in [0.15, 0.2) is 28.7 Å². The summed E-state index contributed by atoms with van der Waals surface area (Å²) in [4.78, 5) is 4.25. The van der Waals surface area contributed by atoms with E-state index in [-0.39, 0.29) is 0 Å². The summed E-state index contributed by atoms with van der Waals surface area (Å²) >= 11 is 3.38. The van der Waals surface area contributed by atoms with Gasteiger partial charge < -0.3 is 5.32 Å². The summed E-state index contributed by atoms with van der Waals surface area (Å²) in [7, 11) is 0. The molecule has 1 N–H and O–H groups in total. The van der Waals surface area contributed by atoms with Crippen molar-refractivity contribution < 1.29 is 0 Å². The molecule has 90 valence electrons. The minimum Gasteiger partial charge on any atom is -0.310 e. The van der Waals surface area contributed by atoms with Gasteiger partial charge in [0.1, 0.15) is 5.01 Å². The molecule has 17 heavy (non-hydrogen) atoms. The van der Waals surface area contributed by atoms with E-state index in [1.165, 1.54) is 0 Å². The van der Waals surface area contributed by atoms with Crippen LogP contribution in [0, 0.1) is 6.92 Å². The zero-order valence-corrected chi connectivity index (χ0v) is 11.2. The van der Waals surface area contributed by atoms with Crippen LogP contribution in [-0.4, -0.2) is 27.5 Å². The number of aryl methyl sites for hydroxylation is 1. The predicted molar refractivity (Wildman–Crippen MR) is 71.3 cm³/mol. The second kappa shape index (κ2) is 6.68. The molecule has 0 bridgehead atoms. The SMILES string of the molecule is Cc1nnc(SCCNCc2ccccn2)s1. The van der Waals surface area contributed by atoms with Gasteiger partial charge in [-0.2, -0.15) is 0 Å². The van der Waals surface area contributed by atoms with E-state index in [4.69, 9.17) is 0 Å². The maximum Gasteiger partial charge on any atom is 0.174 e. The number of aromatic nitrogens is 3. The van der Waals surface area contributed by atoms with E-state index in [9.17, 15) is 0 Å². The Bertz CT molecular complexity index is 444. The molecule has 0 radical (unpaired) electrons. The van der Waals surface area contributed by atoms with Gasteiger partial charge in [0.25, 0.3) is 0 Å². The first-order chi connectivity index (χ1) is 8.34. The van der Waals surface area contributed by atoms with Crippen LogP contribution in [0.1, 0.15) is 10.7 Å². The number of thioether (sulfide) groups is 1. The monoisotopic (exact) mass is 266 g/mol. The summed E-state index contributed by atoms with van der Waals surface area (Å²) in [5.74, 6) is 1.00. The molecule has 0 saturated carbocycles. The molecule has 2 rings (SSSR count). The third-order valence-corrected chi connectivity index (χ3v) is 4.02. The number of hydrogen-bond donors (Lipinski definition) is 1. The molecule has 0 saturated heterocycles. The first kappa shape index (κ1) is 12.5. The minimum absolute atomic E-state index is 0.816. The Morgan fingerprint density at radius 2 is 2.29 bits per heavy atom. The summed E-state index contributed by atoms with van der Waals surface area (Å²) in [6, 6.07) is 5.95. The Morgan fingerprint density at radius 3 is 3.00 bits per heavy atom. The Balaban J connectivity index is 1.61. The van der Waals surface area contributed by atoms with Gasteiger partial charge >= 0.3 is 0 Å². The van der Waals surface area contributed by atoms with Gasteiger partial charge in [0, 0.05) is 25.0 Å². The third kappa shape index (κ3) is 4.41. The van der Waals surface area contributed by atoms with Crippen molar-refractivity contribution in [3.05, 3.63) is 35.1 Å². The Morgan fingerprint density at radius 1 is 1.35 bits per heavy atom. The third-order valence-electron chi connectivity index (χ3n) is 2.04. The van der Waals surface area contributed by atoms with Crippen LogP contribution in [-0.2, 0) is 6.54 Å². The summed E-state index contributed by atoms with van der Waals surface area (Å²) in [5, 5.41) is 12.4. The topological polar surface area (TPSA) is 50.7 Å². The van der Waals surface area contributed by atoms with Crippen molar-refractivity contribution in [2.45, 2.75) is 17.8 Å². The highest BCUT2D eigenvalue weighted by molar-refractivity contribution is 8.01. The minimum atomic E-state index is 0.816. The van der Waals surface area contributed by atoms with Crippen LogP contribution < -0.4 is 5.32 Å². The quantitative estimate of drug-likeness (QED) is 0.641. The van der Waals surface area contributed by atoms with Crippen molar-refractivity contribution in [3.63, 3.8) is 0 Å². The largest absolute Gasteiger partial charge is 0.310 e. The van der Waals surface area contributed by atoms with Crippen molar-refractivity contribution in [1.29, 1.82) is 0 Å². The molecular weight excluding hydrogens is 252 g/mol. The van der Waals surface area contributed by atoms with E-state index < -0.39 is 0 Å². The predicted octanol–water partition coefficient (Wildman–Crippen LogP) is 2.12. The fraction of sp³-hybridized carbons (Fsp3) is 0.364. The van der Waals surface area contributed by atoms with Crippen molar-refractivity contribution in [2.75, 3.05) is 12.3 Å². The maximum atomic E-state index is 4.25. The molecule has 0 atom stereocenters. The number of pyridine rings is 1. The van der Waals surface area contributed by atoms with Crippen LogP contribution in [0.3, 0.4) is 0 Å². The lowest BCUT2D eigenvalue weighted by atomic mass is 10.3. The standard InChI is InChI=1S/C11H14N4S2/c1-9-14-15-11(17-9)16-7-6-12-8-10-4-2-3-5-13-10/h2-5,12H,6-8H2,1H3. The van der Waals surface area contributed by atoms with Crippen molar-refractivity contribution in [1.82, 2.24) is 20.5 Å². The Labute approximate surface area is 109 Å². The number of nitrogens with one attached hydrogen (secondary N) is 1. The molecule has 0 aliphatic heterocycles. The molecule has 6 heteroatoms. The second-order valence-electron chi connectivity index (χ2n) is 3.43. The van der Waals surface area contributed by atoms with Gasteiger partial charge in [-0.1, -0.05) is 29.2 Å². The van der Waals surface area contributed by atoms with E-state index in [0.717, 1.165) is 33.9 Å². The number of nitrogens with zero attached hydrogens (tertiary/aromatic N) is 3. The highest BCUT2D eigenvalue weighted by atomic mass is 32.2. The normalized spacial score (nSPS) is 10.6. The van der Waals surface area contributed by atoms with E-state index >= 15 is 0 Å². The Kier molecular flexibility index (Phi) is 4.90. The smallest absolute Gasteiger partial charge is 0.174 e. The fourth-order valence-corrected chi connectivity index (χ4v) is 3.05. The maximum absolute atomic E-state index is 4.25. The lowest BCUT2D eigenvalue weighted by molar-refractivity contribution is 0.715. The molecule has 2 aromatic heterocycles. The molecule has 0 aliphatic carbocycles. The molecule has 0 aliphatic rings. The van der Waals surface area contributed by atoms with E-state index in [1.54, 1.807) is 23.1 Å². The van der Waals surface area contributed by atoms with Gasteiger partial charge in [-0.25, -0.2) is 0 Å². The van der Waals surface area contributed by atoms with Gasteiger partial charge in [-0.05, 0) is 19.1 Å². The number of rotatable bonds is 6. The number of hydrogen-bond acceptors (Lipinski definition) is 6. The molecule has 4 nitrogen and oxygen atoms in total. The molecule has 0 unspecified atom stereocenters. The lowest BCUT2D eigenvalue weighted by Gasteiger charge is -2.02. The summed E-state index contributed by atoms with van der Waals surface area (Å²) in [6.07, 6.45) is 1.82. The van der Waals surface area contributed by atoms with Gasteiger partial charge in [-0.15, -0.1) is 10.2 Å². The highest BCUT2D eigenvalue weighted by Crippen LogP contribution is 2.20. The van der Waals surface area contributed by atoms with Crippen LogP contribution in [0.5, 0.6) is 0 Å². The van der Waals surface area contributed by atoms with E-state index in [2.05, 4.69) is 20.5 Å². The van der Waals surface area contributed by atoms with Crippen molar-refractivity contribution in [2.24, 2.45) is 0 Å². The van der Waals surface area contributed by atoms with E-state index in [1.807, 2.05) is 31.3 Å². The first-order valence-electron chi connectivity index (χ1n) is 5.38. The van der Waals surface area contributed by atoms with Crippen LogP contribution in [0.2, 0.25) is 0 Å². The summed E-state index contributed by atoms with van der Waals surface area (Å²) in [6.45, 7) is 3.73. The molecular formula is C11H14N4S2. The zero-order chi connectivity index (χ0) is 11.9. The zero-order valence-electron chi connectivity index (χ0n) is 9.59. The lowest BCUT2D eigenvalue weighted by Crippen LogP contribution is -2.17. The molecule has 2 aromatic rings. The van der Waals surface area contributed by atoms with Gasteiger partial charge in [0.15, 0.2) is 4.34 Å². The Hall–Kier alpha value is -0.980. The molecule has 0 aromatic carbocycles. The van der Waals surface area contributed by atoms with Crippen molar-refractivity contribution in [3.8, 4) is 0 Å². The van der Waals surface area contributed by atoms with Crippen LogP contribution in [0.25, 0.3) is 0 Å². The highest BCUT2D eigenvalue weighted by Gasteiger charge is 2.00. The molecule has 2 heterocycles. The van der Waals surface area contributed by atoms with Gasteiger partial charge in [0.2, 0.25) is 0 Å².